The zero-order valence-electron chi connectivity index (χ0n) is 24.2. The van der Waals surface area contributed by atoms with Gasteiger partial charge >= 0.3 is 12.6 Å². The SMILES string of the molecule is COc1nc(N)nc2c1ncn2[C@@H]1O[C@H](COP(=S)(NC(C)C(=O)OC2CCCCC2)Oc2ccccc2)[C@@H](O)[C@@]1(C)O. The molecule has 43 heavy (non-hydrogen) atoms. The van der Waals surface area contributed by atoms with Crippen LogP contribution in [0.3, 0.4) is 0 Å². The molecule has 1 saturated carbocycles. The second-order valence-electron chi connectivity index (χ2n) is 10.9. The van der Waals surface area contributed by atoms with Crippen molar-refractivity contribution in [2.75, 3.05) is 19.5 Å². The molecule has 5 N–H and O–H groups in total. The molecule has 0 spiro atoms. The number of aromatic nitrogens is 4. The smallest absolute Gasteiger partial charge is 0.323 e. The third-order valence-corrected chi connectivity index (χ3v) is 10.0. The fraction of sp³-hybridized carbons (Fsp3) is 0.556. The van der Waals surface area contributed by atoms with Crippen LogP contribution in [0.25, 0.3) is 11.2 Å². The molecule has 1 aliphatic heterocycles. The summed E-state index contributed by atoms with van der Waals surface area (Å²) in [6.07, 6.45) is 2.52. The van der Waals surface area contributed by atoms with E-state index in [2.05, 4.69) is 20.0 Å². The largest absolute Gasteiger partial charge is 0.479 e. The highest BCUT2D eigenvalue weighted by atomic mass is 32.5. The number of methoxy groups -OCH3 is 1. The molecule has 6 atom stereocenters. The number of nitrogens with zero attached hydrogens (tertiary/aromatic N) is 4. The Hall–Kier alpha value is -2.91. The second kappa shape index (κ2) is 13.0. The molecule has 1 aromatic carbocycles. The first-order valence-corrected chi connectivity index (χ1v) is 16.7. The molecule has 2 aliphatic rings. The van der Waals surface area contributed by atoms with Gasteiger partial charge in [-0.05, 0) is 63.5 Å². The van der Waals surface area contributed by atoms with Gasteiger partial charge < -0.3 is 39.2 Å². The van der Waals surface area contributed by atoms with Crippen LogP contribution in [-0.4, -0.2) is 79.4 Å². The zero-order chi connectivity index (χ0) is 30.8. The van der Waals surface area contributed by atoms with Crippen molar-refractivity contribution in [1.29, 1.82) is 0 Å². The summed E-state index contributed by atoms with van der Waals surface area (Å²) in [5, 5.41) is 25.5. The first-order chi connectivity index (χ1) is 20.5. The summed E-state index contributed by atoms with van der Waals surface area (Å²) in [7, 11) is 1.42. The number of aliphatic hydroxyl groups excluding tert-OH is 1. The van der Waals surface area contributed by atoms with Crippen molar-refractivity contribution in [1.82, 2.24) is 24.6 Å². The summed E-state index contributed by atoms with van der Waals surface area (Å²) in [6, 6.07) is 7.98. The Balaban J connectivity index is 1.33. The number of para-hydroxylation sites is 1. The van der Waals surface area contributed by atoms with Crippen LogP contribution in [-0.2, 0) is 30.6 Å². The minimum Gasteiger partial charge on any atom is -0.479 e. The number of carbonyl (C=O) groups is 1. The number of fused-ring (bicyclic) bond motifs is 1. The minimum absolute atomic E-state index is 0.0647. The van der Waals surface area contributed by atoms with E-state index in [1.807, 2.05) is 6.07 Å². The molecule has 2 fully saturated rings. The number of carbonyl (C=O) groups excluding carboxylic acids is 1. The predicted octanol–water partition coefficient (Wildman–Crippen LogP) is 2.60. The lowest BCUT2D eigenvalue weighted by Crippen LogP contribution is -2.44. The first-order valence-electron chi connectivity index (χ1n) is 14.1. The molecule has 3 aromatic rings. The van der Waals surface area contributed by atoms with E-state index in [4.69, 9.17) is 40.8 Å². The number of rotatable bonds is 11. The van der Waals surface area contributed by atoms with Gasteiger partial charge in [0.15, 0.2) is 17.4 Å². The van der Waals surface area contributed by atoms with Gasteiger partial charge in [-0.2, -0.15) is 9.97 Å². The quantitative estimate of drug-likeness (QED) is 0.178. The van der Waals surface area contributed by atoms with Crippen molar-refractivity contribution in [3.63, 3.8) is 0 Å². The number of hydrogen-bond acceptors (Lipinski definition) is 13. The maximum absolute atomic E-state index is 12.9. The third kappa shape index (κ3) is 6.93. The molecule has 0 bridgehead atoms. The van der Waals surface area contributed by atoms with Gasteiger partial charge in [-0.15, -0.1) is 0 Å². The lowest BCUT2D eigenvalue weighted by atomic mass is 9.96. The maximum Gasteiger partial charge on any atom is 0.323 e. The number of ether oxygens (including phenoxy) is 3. The Kier molecular flexibility index (Phi) is 9.52. The highest BCUT2D eigenvalue weighted by molar-refractivity contribution is 8.09. The highest BCUT2D eigenvalue weighted by Gasteiger charge is 2.54. The van der Waals surface area contributed by atoms with Gasteiger partial charge in [0.2, 0.25) is 11.8 Å². The van der Waals surface area contributed by atoms with E-state index in [0.29, 0.717) is 11.3 Å². The predicted molar refractivity (Wildman–Crippen MR) is 160 cm³/mol. The molecule has 0 radical (unpaired) electrons. The van der Waals surface area contributed by atoms with Crippen LogP contribution in [0.5, 0.6) is 11.6 Å². The lowest BCUT2D eigenvalue weighted by molar-refractivity contribution is -0.152. The van der Waals surface area contributed by atoms with Crippen LogP contribution in [0.4, 0.5) is 5.95 Å². The van der Waals surface area contributed by atoms with E-state index in [9.17, 15) is 15.0 Å². The number of nitrogen functional groups attached to an aromatic ring is 1. The van der Waals surface area contributed by atoms with Gasteiger partial charge in [-0.25, -0.2) is 10.1 Å². The Morgan fingerprint density at radius 3 is 2.70 bits per heavy atom. The molecule has 3 heterocycles. The van der Waals surface area contributed by atoms with Crippen molar-refractivity contribution in [3.05, 3.63) is 36.7 Å². The van der Waals surface area contributed by atoms with Crippen molar-refractivity contribution < 1.29 is 38.3 Å². The first kappa shape index (κ1) is 31.5. The molecular weight excluding hydrogens is 599 g/mol. The number of esters is 1. The Labute approximate surface area is 254 Å². The van der Waals surface area contributed by atoms with E-state index >= 15 is 0 Å². The zero-order valence-corrected chi connectivity index (χ0v) is 25.9. The second-order valence-corrected chi connectivity index (χ2v) is 14.0. The molecule has 234 valence electrons. The molecule has 0 amide bonds. The summed E-state index contributed by atoms with van der Waals surface area (Å²) in [6.45, 7) is -0.639. The number of aliphatic hydroxyl groups is 2. The van der Waals surface area contributed by atoms with Crippen molar-refractivity contribution >= 4 is 41.5 Å². The van der Waals surface area contributed by atoms with Crippen LogP contribution in [0, 0.1) is 0 Å². The van der Waals surface area contributed by atoms with E-state index in [1.165, 1.54) is 24.9 Å². The monoisotopic (exact) mass is 636 g/mol. The van der Waals surface area contributed by atoms with Crippen LogP contribution >= 0.6 is 6.64 Å². The Bertz CT molecular complexity index is 1470. The number of imidazole rings is 1. The topological polar surface area (TPSA) is 185 Å². The molecule has 5 rings (SSSR count). The van der Waals surface area contributed by atoms with Crippen molar-refractivity contribution in [2.24, 2.45) is 0 Å². The molecular formula is C27H37N6O8PS. The van der Waals surface area contributed by atoms with E-state index in [0.717, 1.165) is 32.1 Å². The van der Waals surface area contributed by atoms with Crippen LogP contribution < -0.4 is 20.1 Å². The summed E-state index contributed by atoms with van der Waals surface area (Å²) in [5.74, 6) is 0.0654. The molecule has 14 nitrogen and oxygen atoms in total. The number of benzene rings is 1. The lowest BCUT2D eigenvalue weighted by Gasteiger charge is -2.29. The fourth-order valence-corrected chi connectivity index (χ4v) is 7.64. The third-order valence-electron chi connectivity index (χ3n) is 7.53. The highest BCUT2D eigenvalue weighted by Crippen LogP contribution is 2.47. The van der Waals surface area contributed by atoms with Crippen LogP contribution in [0.15, 0.2) is 36.7 Å². The maximum atomic E-state index is 12.9. The average molecular weight is 637 g/mol. The van der Waals surface area contributed by atoms with E-state index in [-0.39, 0.29) is 30.2 Å². The summed E-state index contributed by atoms with van der Waals surface area (Å²) >= 11 is 5.82. The Morgan fingerprint density at radius 2 is 2.00 bits per heavy atom. The van der Waals surface area contributed by atoms with Gasteiger partial charge in [-0.1, -0.05) is 24.6 Å². The number of nitrogens with one attached hydrogen (secondary N) is 1. The number of anilines is 1. The normalized spacial score (nSPS) is 26.6. The van der Waals surface area contributed by atoms with Crippen LogP contribution in [0.1, 0.15) is 52.2 Å². The summed E-state index contributed by atoms with van der Waals surface area (Å²) < 4.78 is 30.7. The van der Waals surface area contributed by atoms with Gasteiger partial charge in [-0.3, -0.25) is 9.36 Å². The van der Waals surface area contributed by atoms with Gasteiger partial charge in [0.25, 0.3) is 0 Å². The minimum atomic E-state index is -3.42. The van der Waals surface area contributed by atoms with Crippen molar-refractivity contribution in [2.45, 2.75) is 82.1 Å². The van der Waals surface area contributed by atoms with Gasteiger partial charge in [0.05, 0.1) is 20.0 Å². The molecule has 2 unspecified atom stereocenters. The number of hydrogen-bond donors (Lipinski definition) is 4. The standard InChI is InChI=1S/C27H37N6O8PS/c1-16(24(35)39-17-10-6-4-7-11-17)32-42(43,41-18-12-8-5-9-13-18)38-14-19-21(34)27(2,36)25(40-19)33-15-29-20-22(33)30-26(28)31-23(20)37-3/h5,8-9,12-13,15-17,19,21,25,34,36H,4,6-7,10-11,14H2,1-3H3,(H,32,43)(H2,28,30,31)/t16?,19-,21-,25-,27-,42?/m1/s1. The Morgan fingerprint density at radius 1 is 1.28 bits per heavy atom. The molecule has 1 aliphatic carbocycles. The van der Waals surface area contributed by atoms with Crippen molar-refractivity contribution in [3.8, 4) is 11.6 Å². The fourth-order valence-electron chi connectivity index (χ4n) is 5.22. The van der Waals surface area contributed by atoms with Gasteiger partial charge in [0.1, 0.15) is 35.7 Å². The molecule has 1 saturated heterocycles. The number of nitrogens with two attached hydrogens (primary N) is 1. The van der Waals surface area contributed by atoms with E-state index in [1.54, 1.807) is 31.2 Å². The average Bonchev–Trinajstić information content (AvgIpc) is 3.49. The van der Waals surface area contributed by atoms with Crippen LogP contribution in [0.2, 0.25) is 0 Å². The van der Waals surface area contributed by atoms with E-state index < -0.39 is 42.7 Å². The molecule has 16 heteroatoms. The summed E-state index contributed by atoms with van der Waals surface area (Å²) in [4.78, 5) is 25.5. The molecule has 2 aromatic heterocycles. The van der Waals surface area contributed by atoms with Gasteiger partial charge in [0, 0.05) is 0 Å². The summed E-state index contributed by atoms with van der Waals surface area (Å²) in [5.41, 5.74) is 4.58.